The van der Waals surface area contributed by atoms with Crippen molar-refractivity contribution in [2.75, 3.05) is 23.0 Å². The Morgan fingerprint density at radius 1 is 0.607 bits per heavy atom. The molecule has 2 fully saturated rings. The number of benzene rings is 1. The van der Waals surface area contributed by atoms with Crippen LogP contribution in [0.15, 0.2) is 36.4 Å². The van der Waals surface area contributed by atoms with Gasteiger partial charge in [0, 0.05) is 48.6 Å². The third kappa shape index (κ3) is 25.7. The predicted molar refractivity (Wildman–Crippen MR) is 241 cm³/mol. The summed E-state index contributed by atoms with van der Waals surface area (Å²) in [5, 5.41) is 2.96. The van der Waals surface area contributed by atoms with Gasteiger partial charge < -0.3 is 20.2 Å². The predicted octanol–water partition coefficient (Wildman–Crippen LogP) is 13.6. The molecule has 0 aromatic heterocycles. The van der Waals surface area contributed by atoms with Crippen molar-refractivity contribution in [2.45, 2.75) is 186 Å². The molecule has 0 atom stereocenters. The number of hydrogen-bond donors (Lipinski definition) is 1. The number of unbranched alkanes of at least 4 members (excludes halogenated alkanes) is 15. The standard InChI is InChI=1S/C40H62N2O4S2.C5H10.2CH3.Fe/c43-37(27-26-34-21-15-16-22-34)25-14-10-6-2-5-9-13-19-32-48-47-31-18-12-8-4-1-3-7-11-17-30-41-40(46)35-23-20-24-36(33-35)42-38(44)28-29-39(42)45;1-2-4-5-3-1;;;/h20,23-24,28-29,33-34H,1-19,21-22,25-27,30-32H2,(H,41,46);1-5H2;2*1H3;/q;;2*-1;+2. The number of ketones is 1. The first-order valence-corrected chi connectivity index (χ1v) is 24.2. The van der Waals surface area contributed by atoms with Crippen LogP contribution in [0.4, 0.5) is 5.69 Å². The van der Waals surface area contributed by atoms with Gasteiger partial charge in [0.1, 0.15) is 5.78 Å². The molecule has 3 amide bonds. The molecule has 1 N–H and O–H groups in total. The molecule has 3 aliphatic rings. The van der Waals surface area contributed by atoms with Gasteiger partial charge in [-0.3, -0.25) is 19.2 Å². The number of Topliss-reactive ketones (excluding diaryl/α,β-unsaturated/α-hetero) is 1. The van der Waals surface area contributed by atoms with Gasteiger partial charge in [0.2, 0.25) is 0 Å². The van der Waals surface area contributed by atoms with Crippen LogP contribution in [-0.2, 0) is 31.5 Å². The second-order valence-electron chi connectivity index (χ2n) is 15.6. The van der Waals surface area contributed by atoms with Crippen LogP contribution >= 0.6 is 21.6 Å². The van der Waals surface area contributed by atoms with Crippen LogP contribution < -0.4 is 10.2 Å². The monoisotopic (exact) mass is 854 g/mol. The van der Waals surface area contributed by atoms with Gasteiger partial charge in [0.05, 0.1) is 5.69 Å². The van der Waals surface area contributed by atoms with Gasteiger partial charge in [0.15, 0.2) is 0 Å². The molecule has 56 heavy (non-hydrogen) atoms. The van der Waals surface area contributed by atoms with Gasteiger partial charge >= 0.3 is 17.1 Å². The fourth-order valence-corrected chi connectivity index (χ4v) is 9.90. The van der Waals surface area contributed by atoms with Crippen LogP contribution in [0.25, 0.3) is 0 Å². The number of rotatable bonds is 29. The van der Waals surface area contributed by atoms with Crippen LogP contribution in [0.5, 0.6) is 0 Å². The van der Waals surface area contributed by atoms with E-state index in [9.17, 15) is 19.2 Å². The maximum atomic E-state index is 12.5. The average Bonchev–Trinajstić information content (AvgIpc) is 3.98. The SMILES string of the molecule is C1CCCC1.O=C(CCCCCCCCCCSSCCCCCCCCCCCNC(=O)c1cccc(N2C(=O)C=CC2=O)c1)CCC1CCCC1.[CH3-].[CH3-].[Fe+2]. The van der Waals surface area contributed by atoms with E-state index in [1.165, 1.54) is 171 Å². The van der Waals surface area contributed by atoms with E-state index in [0.29, 0.717) is 23.6 Å². The summed E-state index contributed by atoms with van der Waals surface area (Å²) in [4.78, 5) is 49.5. The maximum absolute atomic E-state index is 12.5. The van der Waals surface area contributed by atoms with Gasteiger partial charge in [-0.15, -0.1) is 0 Å². The van der Waals surface area contributed by atoms with Crippen molar-refractivity contribution in [1.29, 1.82) is 0 Å². The van der Waals surface area contributed by atoms with E-state index < -0.39 is 0 Å². The summed E-state index contributed by atoms with van der Waals surface area (Å²) in [5.41, 5.74) is 0.876. The van der Waals surface area contributed by atoms with Crippen molar-refractivity contribution in [3.63, 3.8) is 0 Å². The molecule has 1 aromatic carbocycles. The van der Waals surface area contributed by atoms with Crippen molar-refractivity contribution in [3.8, 4) is 0 Å². The van der Waals surface area contributed by atoms with Crippen LogP contribution in [-0.4, -0.2) is 41.6 Å². The second-order valence-corrected chi connectivity index (χ2v) is 18.3. The summed E-state index contributed by atoms with van der Waals surface area (Å²) in [7, 11) is 4.12. The minimum absolute atomic E-state index is 0. The van der Waals surface area contributed by atoms with E-state index in [2.05, 4.69) is 26.9 Å². The summed E-state index contributed by atoms with van der Waals surface area (Å²) in [6.07, 6.45) is 39.8. The molecule has 0 saturated heterocycles. The first-order valence-electron chi connectivity index (χ1n) is 21.7. The number of anilines is 1. The number of nitrogens with zero attached hydrogens (tertiary/aromatic N) is 1. The fourth-order valence-electron chi connectivity index (χ4n) is 7.60. The van der Waals surface area contributed by atoms with Gasteiger partial charge in [-0.2, -0.15) is 0 Å². The van der Waals surface area contributed by atoms with E-state index in [4.69, 9.17) is 0 Å². The van der Waals surface area contributed by atoms with Gasteiger partial charge in [-0.25, -0.2) is 4.90 Å². The number of amides is 3. The molecule has 1 aromatic rings. The fraction of sp³-hybridized carbons (Fsp3) is 0.702. The zero-order valence-electron chi connectivity index (χ0n) is 35.4. The molecule has 2 aliphatic carbocycles. The van der Waals surface area contributed by atoms with Crippen LogP contribution in [0, 0.1) is 20.8 Å². The Hall–Kier alpha value is -1.54. The first-order chi connectivity index (χ1) is 26.0. The number of nitrogens with one attached hydrogen (secondary N) is 1. The quantitative estimate of drug-likeness (QED) is 0.0284. The molecular weight excluding hydrogens is 777 g/mol. The summed E-state index contributed by atoms with van der Waals surface area (Å²) in [6, 6.07) is 6.65. The van der Waals surface area contributed by atoms with Crippen LogP contribution in [0.3, 0.4) is 0 Å². The summed E-state index contributed by atoms with van der Waals surface area (Å²) >= 11 is 0. The van der Waals surface area contributed by atoms with E-state index in [-0.39, 0.29) is 49.6 Å². The van der Waals surface area contributed by atoms with Crippen molar-refractivity contribution in [1.82, 2.24) is 5.32 Å². The van der Waals surface area contributed by atoms with Crippen molar-refractivity contribution < 1.29 is 36.2 Å². The second kappa shape index (κ2) is 36.5. The van der Waals surface area contributed by atoms with Gasteiger partial charge in [0.25, 0.3) is 17.7 Å². The topological polar surface area (TPSA) is 83.6 Å². The number of imide groups is 1. The molecule has 4 rings (SSSR count). The molecule has 320 valence electrons. The average molecular weight is 855 g/mol. The molecule has 9 heteroatoms. The van der Waals surface area contributed by atoms with Crippen molar-refractivity contribution in [2.24, 2.45) is 5.92 Å². The van der Waals surface area contributed by atoms with Crippen LogP contribution in [0.1, 0.15) is 197 Å². The molecular formula is C47H78FeN2O4S2. The zero-order valence-corrected chi connectivity index (χ0v) is 38.2. The largest absolute Gasteiger partial charge is 2.00 e. The van der Waals surface area contributed by atoms with E-state index in [0.717, 1.165) is 49.3 Å². The molecule has 1 heterocycles. The van der Waals surface area contributed by atoms with Crippen molar-refractivity contribution >= 4 is 50.8 Å². The van der Waals surface area contributed by atoms with Crippen LogP contribution in [0.2, 0.25) is 0 Å². The molecule has 6 nitrogen and oxygen atoms in total. The third-order valence-corrected chi connectivity index (χ3v) is 13.5. The summed E-state index contributed by atoms with van der Waals surface area (Å²) in [6.45, 7) is 0.632. The Morgan fingerprint density at radius 2 is 1.07 bits per heavy atom. The Bertz CT molecular complexity index is 1180. The minimum Gasteiger partial charge on any atom is -0.358 e. The Morgan fingerprint density at radius 3 is 1.59 bits per heavy atom. The molecule has 1 aliphatic heterocycles. The maximum Gasteiger partial charge on any atom is 2.00 e. The minimum atomic E-state index is -0.383. The Balaban J connectivity index is 0.00000349. The van der Waals surface area contributed by atoms with Crippen molar-refractivity contribution in [3.05, 3.63) is 56.8 Å². The van der Waals surface area contributed by atoms with E-state index in [1.54, 1.807) is 24.3 Å². The normalized spacial score (nSPS) is 14.8. The molecule has 0 unspecified atom stereocenters. The van der Waals surface area contributed by atoms with Gasteiger partial charge in [-0.05, 0) is 56.2 Å². The third-order valence-electron chi connectivity index (χ3n) is 10.9. The zero-order chi connectivity index (χ0) is 37.6. The summed E-state index contributed by atoms with van der Waals surface area (Å²) < 4.78 is 0. The molecule has 2 saturated carbocycles. The molecule has 0 bridgehead atoms. The molecule has 0 radical (unpaired) electrons. The van der Waals surface area contributed by atoms with E-state index in [1.807, 2.05) is 0 Å². The van der Waals surface area contributed by atoms with Gasteiger partial charge in [-0.1, -0.05) is 169 Å². The Kier molecular flexibility index (Phi) is 35.5. The summed E-state index contributed by atoms with van der Waals surface area (Å²) in [5.74, 6) is 2.97. The number of carbonyl (C=O) groups excluding carboxylic acids is 4. The first kappa shape index (κ1) is 54.5. The molecule has 0 spiro atoms. The number of hydrogen-bond acceptors (Lipinski definition) is 6. The Labute approximate surface area is 362 Å². The number of carbonyl (C=O) groups is 4. The smallest absolute Gasteiger partial charge is 0.358 e. The van der Waals surface area contributed by atoms with E-state index >= 15 is 0 Å².